The van der Waals surface area contributed by atoms with Crippen LogP contribution in [0.25, 0.3) is 0 Å². The second-order valence-electron chi connectivity index (χ2n) is 3.43. The lowest BCUT2D eigenvalue weighted by molar-refractivity contribution is 0.530. The molecule has 0 aromatic carbocycles. The topological polar surface area (TPSA) is 12.0 Å². The largest absolute Gasteiger partial charge is 0.312 e. The van der Waals surface area contributed by atoms with Crippen molar-refractivity contribution in [2.24, 2.45) is 0 Å². The zero-order valence-electron chi connectivity index (χ0n) is 8.76. The van der Waals surface area contributed by atoms with Crippen molar-refractivity contribution in [2.45, 2.75) is 39.2 Å². The molecule has 1 atom stereocenters. The van der Waals surface area contributed by atoms with Crippen molar-refractivity contribution in [1.29, 1.82) is 0 Å². The summed E-state index contributed by atoms with van der Waals surface area (Å²) in [5.41, 5.74) is 0. The van der Waals surface area contributed by atoms with Crippen LogP contribution in [0, 0.1) is 6.92 Å². The SMILES string of the molecule is CCCCC(NC)c1ccc(C)s1. The average Bonchev–Trinajstić information content (AvgIpc) is 2.54. The van der Waals surface area contributed by atoms with Gasteiger partial charge in [0.15, 0.2) is 0 Å². The van der Waals surface area contributed by atoms with Crippen molar-refractivity contribution < 1.29 is 0 Å². The Balaban J connectivity index is 2.56. The molecule has 0 bridgehead atoms. The van der Waals surface area contributed by atoms with E-state index in [2.05, 4.69) is 38.3 Å². The normalized spacial score (nSPS) is 13.2. The number of hydrogen-bond donors (Lipinski definition) is 1. The van der Waals surface area contributed by atoms with Crippen molar-refractivity contribution in [3.8, 4) is 0 Å². The molecule has 1 unspecified atom stereocenters. The van der Waals surface area contributed by atoms with Gasteiger partial charge in [-0.15, -0.1) is 11.3 Å². The minimum atomic E-state index is 0.568. The maximum atomic E-state index is 3.38. The molecular formula is C11H19NS. The molecule has 13 heavy (non-hydrogen) atoms. The van der Waals surface area contributed by atoms with Gasteiger partial charge in [0.1, 0.15) is 0 Å². The predicted molar refractivity (Wildman–Crippen MR) is 60.4 cm³/mol. The molecule has 0 fully saturated rings. The van der Waals surface area contributed by atoms with Gasteiger partial charge in [-0.2, -0.15) is 0 Å². The molecule has 0 radical (unpaired) electrons. The van der Waals surface area contributed by atoms with Gasteiger partial charge in [0.2, 0.25) is 0 Å². The highest BCUT2D eigenvalue weighted by atomic mass is 32.1. The fourth-order valence-electron chi connectivity index (χ4n) is 1.48. The summed E-state index contributed by atoms with van der Waals surface area (Å²) in [7, 11) is 2.05. The highest BCUT2D eigenvalue weighted by Gasteiger charge is 2.09. The van der Waals surface area contributed by atoms with E-state index >= 15 is 0 Å². The summed E-state index contributed by atoms with van der Waals surface area (Å²) in [6.45, 7) is 4.41. The third kappa shape index (κ3) is 3.12. The quantitative estimate of drug-likeness (QED) is 0.761. The summed E-state index contributed by atoms with van der Waals surface area (Å²) in [6.07, 6.45) is 3.85. The first kappa shape index (κ1) is 10.7. The van der Waals surface area contributed by atoms with Crippen molar-refractivity contribution in [1.82, 2.24) is 5.32 Å². The smallest absolute Gasteiger partial charge is 0.0412 e. The molecule has 0 aliphatic carbocycles. The van der Waals surface area contributed by atoms with Gasteiger partial charge in [-0.1, -0.05) is 19.8 Å². The molecule has 1 rings (SSSR count). The number of aryl methyl sites for hydroxylation is 1. The summed E-state index contributed by atoms with van der Waals surface area (Å²) in [5.74, 6) is 0. The molecule has 0 saturated carbocycles. The number of hydrogen-bond acceptors (Lipinski definition) is 2. The first-order valence-electron chi connectivity index (χ1n) is 5.01. The molecule has 1 N–H and O–H groups in total. The Morgan fingerprint density at radius 1 is 1.46 bits per heavy atom. The van der Waals surface area contributed by atoms with E-state index < -0.39 is 0 Å². The Bertz CT molecular complexity index is 242. The lowest BCUT2D eigenvalue weighted by Crippen LogP contribution is -2.14. The van der Waals surface area contributed by atoms with Crippen LogP contribution in [-0.2, 0) is 0 Å². The molecule has 1 heterocycles. The van der Waals surface area contributed by atoms with E-state index in [0.29, 0.717) is 6.04 Å². The molecule has 0 aliphatic rings. The van der Waals surface area contributed by atoms with Crippen molar-refractivity contribution in [3.05, 3.63) is 21.9 Å². The van der Waals surface area contributed by atoms with Gasteiger partial charge in [-0.3, -0.25) is 0 Å². The van der Waals surface area contributed by atoms with Gasteiger partial charge >= 0.3 is 0 Å². The summed E-state index contributed by atoms with van der Waals surface area (Å²) in [5, 5.41) is 3.38. The summed E-state index contributed by atoms with van der Waals surface area (Å²) in [6, 6.07) is 5.02. The van der Waals surface area contributed by atoms with Crippen LogP contribution in [0.5, 0.6) is 0 Å². The minimum Gasteiger partial charge on any atom is -0.312 e. The monoisotopic (exact) mass is 197 g/mol. The van der Waals surface area contributed by atoms with Gasteiger partial charge in [0.25, 0.3) is 0 Å². The number of unbranched alkanes of at least 4 members (excludes halogenated alkanes) is 1. The molecule has 1 aromatic heterocycles. The maximum Gasteiger partial charge on any atom is 0.0412 e. The van der Waals surface area contributed by atoms with Crippen molar-refractivity contribution in [3.63, 3.8) is 0 Å². The molecule has 2 heteroatoms. The van der Waals surface area contributed by atoms with E-state index in [1.165, 1.54) is 29.0 Å². The highest BCUT2D eigenvalue weighted by Crippen LogP contribution is 2.25. The summed E-state index contributed by atoms with van der Waals surface area (Å²) >= 11 is 1.91. The van der Waals surface area contributed by atoms with Crippen LogP contribution < -0.4 is 5.32 Å². The molecular weight excluding hydrogens is 178 g/mol. The molecule has 74 valence electrons. The molecule has 1 nitrogen and oxygen atoms in total. The Kier molecular flexibility index (Phi) is 4.46. The van der Waals surface area contributed by atoms with E-state index in [1.807, 2.05) is 11.3 Å². The lowest BCUT2D eigenvalue weighted by Gasteiger charge is -2.13. The van der Waals surface area contributed by atoms with E-state index in [0.717, 1.165) is 0 Å². The summed E-state index contributed by atoms with van der Waals surface area (Å²) in [4.78, 5) is 2.89. The third-order valence-corrected chi connectivity index (χ3v) is 3.41. The van der Waals surface area contributed by atoms with E-state index in [-0.39, 0.29) is 0 Å². The zero-order chi connectivity index (χ0) is 9.68. The fraction of sp³-hybridized carbons (Fsp3) is 0.636. The van der Waals surface area contributed by atoms with Gasteiger partial charge < -0.3 is 5.32 Å². The first-order valence-corrected chi connectivity index (χ1v) is 5.83. The molecule has 1 aromatic rings. The molecule has 0 aliphatic heterocycles. The van der Waals surface area contributed by atoms with Gasteiger partial charge in [-0.05, 0) is 32.5 Å². The Morgan fingerprint density at radius 3 is 2.69 bits per heavy atom. The molecule has 0 saturated heterocycles. The van der Waals surface area contributed by atoms with Crippen molar-refractivity contribution >= 4 is 11.3 Å². The van der Waals surface area contributed by atoms with E-state index in [1.54, 1.807) is 0 Å². The number of rotatable bonds is 5. The average molecular weight is 197 g/mol. The first-order chi connectivity index (χ1) is 6.27. The van der Waals surface area contributed by atoms with Gasteiger partial charge in [0, 0.05) is 15.8 Å². The van der Waals surface area contributed by atoms with Gasteiger partial charge in [0.05, 0.1) is 0 Å². The number of nitrogens with one attached hydrogen (secondary N) is 1. The second-order valence-corrected chi connectivity index (χ2v) is 4.75. The van der Waals surface area contributed by atoms with Crippen LogP contribution in [-0.4, -0.2) is 7.05 Å². The minimum absolute atomic E-state index is 0.568. The van der Waals surface area contributed by atoms with Crippen LogP contribution in [0.2, 0.25) is 0 Å². The Labute approximate surface area is 85.2 Å². The second kappa shape index (κ2) is 5.40. The molecule has 0 spiro atoms. The van der Waals surface area contributed by atoms with Crippen LogP contribution in [0.1, 0.15) is 42.0 Å². The van der Waals surface area contributed by atoms with E-state index in [9.17, 15) is 0 Å². The van der Waals surface area contributed by atoms with Crippen molar-refractivity contribution in [2.75, 3.05) is 7.05 Å². The highest BCUT2D eigenvalue weighted by molar-refractivity contribution is 7.12. The van der Waals surface area contributed by atoms with Crippen LogP contribution >= 0.6 is 11.3 Å². The lowest BCUT2D eigenvalue weighted by atomic mass is 10.1. The zero-order valence-corrected chi connectivity index (χ0v) is 9.58. The van der Waals surface area contributed by atoms with Crippen LogP contribution in [0.4, 0.5) is 0 Å². The Morgan fingerprint density at radius 2 is 2.23 bits per heavy atom. The molecule has 0 amide bonds. The van der Waals surface area contributed by atoms with Gasteiger partial charge in [-0.25, -0.2) is 0 Å². The standard InChI is InChI=1S/C11H19NS/c1-4-5-6-10(12-3)11-8-7-9(2)13-11/h7-8,10,12H,4-6H2,1-3H3. The fourth-order valence-corrected chi connectivity index (χ4v) is 2.50. The summed E-state index contributed by atoms with van der Waals surface area (Å²) < 4.78 is 0. The third-order valence-electron chi connectivity index (χ3n) is 2.30. The van der Waals surface area contributed by atoms with Crippen LogP contribution in [0.3, 0.4) is 0 Å². The maximum absolute atomic E-state index is 3.38. The number of thiophene rings is 1. The van der Waals surface area contributed by atoms with Crippen LogP contribution in [0.15, 0.2) is 12.1 Å². The van der Waals surface area contributed by atoms with E-state index in [4.69, 9.17) is 0 Å². The predicted octanol–water partition coefficient (Wildman–Crippen LogP) is 3.51. The Hall–Kier alpha value is -0.340.